The Balaban J connectivity index is 1.29. The molecule has 5 amide bonds. The number of carbonyl (C=O) groups is 4. The molecular formula is C23H28F2N4O5. The highest BCUT2D eigenvalue weighted by atomic mass is 19.3. The molecule has 2 heterocycles. The number of imide groups is 1. The molecule has 11 heteroatoms. The van der Waals surface area contributed by atoms with Crippen LogP contribution in [0.4, 0.5) is 13.6 Å². The van der Waals surface area contributed by atoms with Crippen LogP contribution in [0.15, 0.2) is 24.3 Å². The van der Waals surface area contributed by atoms with Crippen molar-refractivity contribution < 1.29 is 32.7 Å². The van der Waals surface area contributed by atoms with Crippen LogP contribution in [0.2, 0.25) is 0 Å². The molecule has 0 unspecified atom stereocenters. The van der Waals surface area contributed by atoms with Crippen molar-refractivity contribution in [3.05, 3.63) is 29.8 Å². The number of para-hydroxylation sites is 1. The zero-order valence-corrected chi connectivity index (χ0v) is 18.8. The molecule has 0 aromatic heterocycles. The number of ether oxygens (including phenoxy) is 1. The fourth-order valence-electron chi connectivity index (χ4n) is 4.91. The van der Waals surface area contributed by atoms with Crippen molar-refractivity contribution in [3.63, 3.8) is 0 Å². The van der Waals surface area contributed by atoms with Crippen LogP contribution in [-0.4, -0.2) is 83.3 Å². The number of alkyl halides is 2. The normalized spacial score (nSPS) is 20.1. The molecule has 34 heavy (non-hydrogen) atoms. The number of halogens is 2. The topological polar surface area (TPSA) is 99.3 Å². The van der Waals surface area contributed by atoms with Crippen molar-refractivity contribution in [3.8, 4) is 5.75 Å². The Hall–Kier alpha value is -3.24. The van der Waals surface area contributed by atoms with Crippen molar-refractivity contribution in [1.29, 1.82) is 0 Å². The third kappa shape index (κ3) is 4.83. The van der Waals surface area contributed by atoms with Crippen LogP contribution < -0.4 is 10.1 Å². The van der Waals surface area contributed by atoms with Gasteiger partial charge in [-0.2, -0.15) is 8.78 Å². The molecule has 1 N–H and O–H groups in total. The molecule has 0 atom stereocenters. The largest absolute Gasteiger partial charge is 0.434 e. The molecule has 1 aliphatic carbocycles. The zero-order valence-electron chi connectivity index (χ0n) is 18.8. The van der Waals surface area contributed by atoms with E-state index in [2.05, 4.69) is 10.1 Å². The van der Waals surface area contributed by atoms with Gasteiger partial charge in [0, 0.05) is 39.1 Å². The van der Waals surface area contributed by atoms with E-state index in [1.165, 1.54) is 23.1 Å². The fraction of sp³-hybridized carbons (Fsp3) is 0.565. The molecule has 1 saturated carbocycles. The number of hydrogen-bond donors (Lipinski definition) is 1. The molecule has 1 aromatic carbocycles. The Bertz CT molecular complexity index is 958. The van der Waals surface area contributed by atoms with Crippen molar-refractivity contribution in [1.82, 2.24) is 20.0 Å². The molecular weight excluding hydrogens is 450 g/mol. The van der Waals surface area contributed by atoms with Crippen LogP contribution >= 0.6 is 0 Å². The van der Waals surface area contributed by atoms with Gasteiger partial charge in [-0.05, 0) is 25.0 Å². The van der Waals surface area contributed by atoms with Gasteiger partial charge >= 0.3 is 12.6 Å². The Morgan fingerprint density at radius 1 is 1.00 bits per heavy atom. The molecule has 0 bridgehead atoms. The summed E-state index contributed by atoms with van der Waals surface area (Å²) in [5.41, 5.74) is -0.771. The summed E-state index contributed by atoms with van der Waals surface area (Å²) < 4.78 is 29.7. The van der Waals surface area contributed by atoms with Crippen molar-refractivity contribution >= 4 is 23.8 Å². The van der Waals surface area contributed by atoms with Gasteiger partial charge in [0.15, 0.2) is 0 Å². The van der Waals surface area contributed by atoms with E-state index in [9.17, 15) is 28.0 Å². The maximum Gasteiger partial charge on any atom is 0.387 e. The lowest BCUT2D eigenvalue weighted by Gasteiger charge is -2.35. The molecule has 2 aliphatic heterocycles. The minimum Gasteiger partial charge on any atom is -0.434 e. The summed E-state index contributed by atoms with van der Waals surface area (Å²) in [6.07, 6.45) is 4.09. The SMILES string of the molecule is O=C(CCN1C(=O)NC2(CCCCC2)C1=O)N1CCN(C(=O)c2ccccc2OC(F)F)CC1. The summed E-state index contributed by atoms with van der Waals surface area (Å²) >= 11 is 0. The van der Waals surface area contributed by atoms with Crippen LogP contribution in [0.1, 0.15) is 48.9 Å². The average Bonchev–Trinajstić information content (AvgIpc) is 3.05. The number of benzene rings is 1. The molecule has 3 fully saturated rings. The number of piperazine rings is 1. The van der Waals surface area contributed by atoms with Crippen molar-refractivity contribution in [2.75, 3.05) is 32.7 Å². The second-order valence-electron chi connectivity index (χ2n) is 8.83. The molecule has 1 spiro atoms. The Morgan fingerprint density at radius 3 is 2.32 bits per heavy atom. The first kappa shape index (κ1) is 23.9. The lowest BCUT2D eigenvalue weighted by atomic mass is 9.82. The number of amides is 5. The first-order valence-electron chi connectivity index (χ1n) is 11.6. The third-order valence-corrected chi connectivity index (χ3v) is 6.76. The number of nitrogens with one attached hydrogen (secondary N) is 1. The van der Waals surface area contributed by atoms with Gasteiger partial charge in [-0.1, -0.05) is 31.4 Å². The summed E-state index contributed by atoms with van der Waals surface area (Å²) in [5.74, 6) is -1.09. The van der Waals surface area contributed by atoms with E-state index >= 15 is 0 Å². The van der Waals surface area contributed by atoms with E-state index in [0.29, 0.717) is 12.8 Å². The second kappa shape index (κ2) is 9.94. The highest BCUT2D eigenvalue weighted by molar-refractivity contribution is 6.07. The van der Waals surface area contributed by atoms with Crippen molar-refractivity contribution in [2.24, 2.45) is 0 Å². The summed E-state index contributed by atoms with van der Waals surface area (Å²) in [5, 5.41) is 2.83. The van der Waals surface area contributed by atoms with E-state index in [1.807, 2.05) is 0 Å². The van der Waals surface area contributed by atoms with Crippen LogP contribution in [-0.2, 0) is 9.59 Å². The number of nitrogens with zero attached hydrogens (tertiary/aromatic N) is 3. The minimum absolute atomic E-state index is 0.00818. The second-order valence-corrected chi connectivity index (χ2v) is 8.83. The minimum atomic E-state index is -3.04. The predicted molar refractivity (Wildman–Crippen MR) is 116 cm³/mol. The third-order valence-electron chi connectivity index (χ3n) is 6.76. The highest BCUT2D eigenvalue weighted by Crippen LogP contribution is 2.33. The van der Waals surface area contributed by atoms with Gasteiger partial charge in [-0.25, -0.2) is 4.79 Å². The van der Waals surface area contributed by atoms with Crippen LogP contribution in [0.25, 0.3) is 0 Å². The Kier molecular flexibility index (Phi) is 6.99. The maximum absolute atomic E-state index is 12.8. The van der Waals surface area contributed by atoms with Gasteiger partial charge in [0.25, 0.3) is 11.8 Å². The van der Waals surface area contributed by atoms with Gasteiger partial charge in [0.05, 0.1) is 5.56 Å². The molecule has 2 saturated heterocycles. The molecule has 9 nitrogen and oxygen atoms in total. The number of carbonyl (C=O) groups excluding carboxylic acids is 4. The molecule has 1 aromatic rings. The van der Waals surface area contributed by atoms with Gasteiger partial charge < -0.3 is 19.9 Å². The van der Waals surface area contributed by atoms with Crippen LogP contribution in [0.5, 0.6) is 5.75 Å². The predicted octanol–water partition coefficient (Wildman–Crippen LogP) is 2.22. The molecule has 3 aliphatic rings. The van der Waals surface area contributed by atoms with Gasteiger partial charge in [0.2, 0.25) is 5.91 Å². The Morgan fingerprint density at radius 2 is 1.65 bits per heavy atom. The summed E-state index contributed by atoms with van der Waals surface area (Å²) in [6, 6.07) is 5.37. The lowest BCUT2D eigenvalue weighted by Crippen LogP contribution is -2.51. The van der Waals surface area contributed by atoms with E-state index in [0.717, 1.165) is 24.2 Å². The quantitative estimate of drug-likeness (QED) is 0.632. The number of rotatable bonds is 6. The van der Waals surface area contributed by atoms with Crippen LogP contribution in [0, 0.1) is 0 Å². The Labute approximate surface area is 196 Å². The summed E-state index contributed by atoms with van der Waals surface area (Å²) in [6.45, 7) is -2.01. The van der Waals surface area contributed by atoms with Gasteiger partial charge in [-0.3, -0.25) is 19.3 Å². The average molecular weight is 478 g/mol. The lowest BCUT2D eigenvalue weighted by molar-refractivity contribution is -0.135. The maximum atomic E-state index is 12.8. The molecule has 0 radical (unpaired) electrons. The van der Waals surface area contributed by atoms with E-state index in [-0.39, 0.29) is 62.3 Å². The first-order valence-corrected chi connectivity index (χ1v) is 11.6. The van der Waals surface area contributed by atoms with Crippen molar-refractivity contribution in [2.45, 2.75) is 50.7 Å². The number of urea groups is 1. The highest BCUT2D eigenvalue weighted by Gasteiger charge is 2.51. The number of hydrogen-bond acceptors (Lipinski definition) is 5. The summed E-state index contributed by atoms with van der Waals surface area (Å²) in [7, 11) is 0. The standard InChI is InChI=1S/C23H28F2N4O5/c24-21(25)34-17-7-3-2-6-16(17)19(31)28-14-12-27(13-15-28)18(30)8-11-29-20(32)23(26-22(29)33)9-4-1-5-10-23/h2-3,6-7,21H,1,4-5,8-15H2,(H,26,33). The summed E-state index contributed by atoms with van der Waals surface area (Å²) in [4.78, 5) is 54.9. The van der Waals surface area contributed by atoms with Gasteiger partial charge in [-0.15, -0.1) is 0 Å². The van der Waals surface area contributed by atoms with E-state index in [1.54, 1.807) is 11.0 Å². The molecule has 4 rings (SSSR count). The van der Waals surface area contributed by atoms with E-state index in [4.69, 9.17) is 0 Å². The first-order chi connectivity index (χ1) is 16.3. The smallest absolute Gasteiger partial charge is 0.387 e. The molecule has 184 valence electrons. The van der Waals surface area contributed by atoms with E-state index < -0.39 is 24.1 Å². The van der Waals surface area contributed by atoms with Gasteiger partial charge in [0.1, 0.15) is 11.3 Å². The van der Waals surface area contributed by atoms with Crippen LogP contribution in [0.3, 0.4) is 0 Å². The zero-order chi connectivity index (χ0) is 24.3. The monoisotopic (exact) mass is 478 g/mol. The fourth-order valence-corrected chi connectivity index (χ4v) is 4.91.